The fraction of sp³-hybridized carbons (Fsp3) is 0.650. The van der Waals surface area contributed by atoms with Crippen LogP contribution >= 0.6 is 0 Å². The first kappa shape index (κ1) is 22.3. The zero-order valence-corrected chi connectivity index (χ0v) is 16.9. The Hall–Kier alpha value is -1.96. The third-order valence-corrected chi connectivity index (χ3v) is 4.67. The van der Waals surface area contributed by atoms with E-state index in [0.29, 0.717) is 18.6 Å². The molecule has 158 valence electrons. The maximum absolute atomic E-state index is 12.3. The smallest absolute Gasteiger partial charge is 0.422 e. The normalized spacial score (nSPS) is 17.0. The predicted molar refractivity (Wildman–Crippen MR) is 106 cm³/mol. The molecule has 1 saturated heterocycles. The zero-order chi connectivity index (χ0) is 20.6. The van der Waals surface area contributed by atoms with Gasteiger partial charge in [-0.3, -0.25) is 0 Å². The van der Waals surface area contributed by atoms with Crippen LogP contribution in [0.15, 0.2) is 29.3 Å². The molecule has 8 heteroatoms. The average molecular weight is 400 g/mol. The van der Waals surface area contributed by atoms with Gasteiger partial charge in [0.05, 0.1) is 6.54 Å². The van der Waals surface area contributed by atoms with Crippen LogP contribution in [0.5, 0.6) is 5.75 Å². The van der Waals surface area contributed by atoms with E-state index in [4.69, 9.17) is 4.74 Å². The Morgan fingerprint density at radius 1 is 1.29 bits per heavy atom. The van der Waals surface area contributed by atoms with E-state index in [1.807, 2.05) is 13.0 Å². The topological polar surface area (TPSA) is 48.9 Å². The molecule has 0 spiro atoms. The van der Waals surface area contributed by atoms with Gasteiger partial charge in [-0.25, -0.2) is 4.99 Å². The number of guanidine groups is 1. The summed E-state index contributed by atoms with van der Waals surface area (Å²) in [6, 6.07) is 7.56. The predicted octanol–water partition coefficient (Wildman–Crippen LogP) is 3.56. The third kappa shape index (κ3) is 7.96. The highest BCUT2D eigenvalue weighted by Crippen LogP contribution is 2.20. The van der Waals surface area contributed by atoms with Gasteiger partial charge in [0.25, 0.3) is 0 Å². The number of piperidine rings is 1. The van der Waals surface area contributed by atoms with E-state index in [-0.39, 0.29) is 5.75 Å². The maximum Gasteiger partial charge on any atom is 0.422 e. The van der Waals surface area contributed by atoms with E-state index in [2.05, 4.69) is 34.4 Å². The first-order chi connectivity index (χ1) is 13.3. The SMILES string of the molecule is CCNC(=NCc1cccc(OCC(F)(F)F)c1)NC1CCN(C(C)C)CC1. The van der Waals surface area contributed by atoms with Gasteiger partial charge in [0.2, 0.25) is 0 Å². The minimum absolute atomic E-state index is 0.198. The minimum Gasteiger partial charge on any atom is -0.484 e. The van der Waals surface area contributed by atoms with Crippen LogP contribution in [0.3, 0.4) is 0 Å². The van der Waals surface area contributed by atoms with Crippen molar-refractivity contribution in [3.8, 4) is 5.75 Å². The molecule has 1 heterocycles. The summed E-state index contributed by atoms with van der Waals surface area (Å²) in [5.74, 6) is 0.927. The molecule has 28 heavy (non-hydrogen) atoms. The molecule has 1 aliphatic rings. The highest BCUT2D eigenvalue weighted by molar-refractivity contribution is 5.80. The van der Waals surface area contributed by atoms with Gasteiger partial charge in [-0.15, -0.1) is 0 Å². The number of nitrogens with one attached hydrogen (secondary N) is 2. The van der Waals surface area contributed by atoms with Crippen LogP contribution < -0.4 is 15.4 Å². The van der Waals surface area contributed by atoms with E-state index in [9.17, 15) is 13.2 Å². The first-order valence-electron chi connectivity index (χ1n) is 9.84. The van der Waals surface area contributed by atoms with Crippen LogP contribution in [0.1, 0.15) is 39.2 Å². The second-order valence-corrected chi connectivity index (χ2v) is 7.29. The number of hydrogen-bond donors (Lipinski definition) is 2. The Balaban J connectivity index is 1.91. The lowest BCUT2D eigenvalue weighted by Gasteiger charge is -2.35. The van der Waals surface area contributed by atoms with E-state index in [1.54, 1.807) is 12.1 Å². The van der Waals surface area contributed by atoms with Crippen molar-refractivity contribution >= 4 is 5.96 Å². The summed E-state index contributed by atoms with van der Waals surface area (Å²) in [5.41, 5.74) is 0.798. The summed E-state index contributed by atoms with van der Waals surface area (Å²) in [6.45, 7) is 8.37. The molecule has 0 atom stereocenters. The molecular formula is C20H31F3N4O. The first-order valence-corrected chi connectivity index (χ1v) is 9.84. The molecule has 0 saturated carbocycles. The molecule has 0 unspecified atom stereocenters. The van der Waals surface area contributed by atoms with Gasteiger partial charge < -0.3 is 20.3 Å². The van der Waals surface area contributed by atoms with Crippen molar-refractivity contribution in [2.45, 2.75) is 58.4 Å². The number of hydrogen-bond acceptors (Lipinski definition) is 3. The van der Waals surface area contributed by atoms with Crippen molar-refractivity contribution in [3.05, 3.63) is 29.8 Å². The van der Waals surface area contributed by atoms with Gasteiger partial charge in [-0.2, -0.15) is 13.2 Å². The number of benzene rings is 1. The van der Waals surface area contributed by atoms with E-state index in [0.717, 1.165) is 44.0 Å². The quantitative estimate of drug-likeness (QED) is 0.543. The van der Waals surface area contributed by atoms with Gasteiger partial charge >= 0.3 is 6.18 Å². The number of aliphatic imine (C=N–C) groups is 1. The Bertz CT molecular complexity index is 626. The van der Waals surface area contributed by atoms with Gasteiger partial charge in [-0.05, 0) is 51.3 Å². The van der Waals surface area contributed by atoms with Crippen LogP contribution in [0.2, 0.25) is 0 Å². The van der Waals surface area contributed by atoms with Gasteiger partial charge in [-0.1, -0.05) is 12.1 Å². The summed E-state index contributed by atoms with van der Waals surface area (Å²) in [7, 11) is 0. The fourth-order valence-corrected chi connectivity index (χ4v) is 3.14. The molecule has 1 aliphatic heterocycles. The van der Waals surface area contributed by atoms with Gasteiger partial charge in [0.1, 0.15) is 5.75 Å². The number of rotatable bonds is 7. The molecule has 2 rings (SSSR count). The molecule has 0 amide bonds. The summed E-state index contributed by atoms with van der Waals surface area (Å²) >= 11 is 0. The van der Waals surface area contributed by atoms with Crippen LogP contribution in [-0.4, -0.2) is 55.4 Å². The summed E-state index contributed by atoms with van der Waals surface area (Å²) in [4.78, 5) is 7.05. The van der Waals surface area contributed by atoms with Crippen LogP contribution in [0.25, 0.3) is 0 Å². The lowest BCUT2D eigenvalue weighted by atomic mass is 10.0. The van der Waals surface area contributed by atoms with E-state index >= 15 is 0 Å². The maximum atomic E-state index is 12.3. The van der Waals surface area contributed by atoms with Crippen molar-refractivity contribution < 1.29 is 17.9 Å². The molecule has 0 aliphatic carbocycles. The van der Waals surface area contributed by atoms with Crippen LogP contribution in [0.4, 0.5) is 13.2 Å². The standard InChI is InChI=1S/C20H31F3N4O/c1-4-24-19(26-17-8-10-27(11-9-17)15(2)3)25-13-16-6-5-7-18(12-16)28-14-20(21,22)23/h5-7,12,15,17H,4,8-11,13-14H2,1-3H3,(H2,24,25,26). The molecule has 0 radical (unpaired) electrons. The second kappa shape index (κ2) is 10.5. The minimum atomic E-state index is -4.35. The van der Waals surface area contributed by atoms with Crippen molar-refractivity contribution in [3.63, 3.8) is 0 Å². The number of nitrogens with zero attached hydrogens (tertiary/aromatic N) is 2. The Kier molecular flexibility index (Phi) is 8.41. The lowest BCUT2D eigenvalue weighted by Crippen LogP contribution is -2.49. The van der Waals surface area contributed by atoms with Gasteiger partial charge in [0, 0.05) is 31.7 Å². The Labute approximate surface area is 165 Å². The Morgan fingerprint density at radius 2 is 2.00 bits per heavy atom. The summed E-state index contributed by atoms with van der Waals surface area (Å²) < 4.78 is 41.7. The van der Waals surface area contributed by atoms with Crippen molar-refractivity contribution in [2.75, 3.05) is 26.2 Å². The molecule has 2 N–H and O–H groups in total. The molecule has 1 aromatic carbocycles. The van der Waals surface area contributed by atoms with Crippen LogP contribution in [0, 0.1) is 0 Å². The van der Waals surface area contributed by atoms with Crippen molar-refractivity contribution in [2.24, 2.45) is 4.99 Å². The molecular weight excluding hydrogens is 369 g/mol. The molecule has 0 aromatic heterocycles. The van der Waals surface area contributed by atoms with Crippen LogP contribution in [-0.2, 0) is 6.54 Å². The largest absolute Gasteiger partial charge is 0.484 e. The summed E-state index contributed by atoms with van der Waals surface area (Å²) in [6.07, 6.45) is -2.23. The monoisotopic (exact) mass is 400 g/mol. The lowest BCUT2D eigenvalue weighted by molar-refractivity contribution is -0.153. The molecule has 1 fully saturated rings. The highest BCUT2D eigenvalue weighted by Gasteiger charge is 2.28. The van der Waals surface area contributed by atoms with Crippen molar-refractivity contribution in [1.82, 2.24) is 15.5 Å². The molecule has 5 nitrogen and oxygen atoms in total. The fourth-order valence-electron chi connectivity index (χ4n) is 3.14. The van der Waals surface area contributed by atoms with E-state index < -0.39 is 12.8 Å². The third-order valence-electron chi connectivity index (χ3n) is 4.67. The average Bonchev–Trinajstić information content (AvgIpc) is 2.65. The zero-order valence-electron chi connectivity index (χ0n) is 16.9. The second-order valence-electron chi connectivity index (χ2n) is 7.29. The number of ether oxygens (including phenoxy) is 1. The number of alkyl halides is 3. The number of halogens is 3. The van der Waals surface area contributed by atoms with Crippen molar-refractivity contribution in [1.29, 1.82) is 0 Å². The Morgan fingerprint density at radius 3 is 2.61 bits per heavy atom. The summed E-state index contributed by atoms with van der Waals surface area (Å²) in [5, 5.41) is 6.72. The van der Waals surface area contributed by atoms with E-state index in [1.165, 1.54) is 6.07 Å². The molecule has 0 bridgehead atoms. The molecule has 1 aromatic rings. The highest BCUT2D eigenvalue weighted by atomic mass is 19.4. The number of likely N-dealkylation sites (tertiary alicyclic amines) is 1. The van der Waals surface area contributed by atoms with Gasteiger partial charge in [0.15, 0.2) is 12.6 Å².